The van der Waals surface area contributed by atoms with Gasteiger partial charge in [-0.25, -0.2) is 0 Å². The SMILES string of the molecule is CC1CC23CC1(C)C2(C)C1(C)C3C2C(C)C(C)(C(C)C)C21C. The summed E-state index contributed by atoms with van der Waals surface area (Å²) in [4.78, 5) is 0. The van der Waals surface area contributed by atoms with Crippen molar-refractivity contribution in [2.24, 2.45) is 62.1 Å². The van der Waals surface area contributed by atoms with Crippen LogP contribution in [-0.4, -0.2) is 0 Å². The van der Waals surface area contributed by atoms with Crippen LogP contribution in [0.5, 0.6) is 0 Å². The van der Waals surface area contributed by atoms with E-state index in [1.54, 1.807) is 6.42 Å². The molecular weight excluding hydrogens is 264 g/mol. The maximum absolute atomic E-state index is 2.73. The normalized spacial score (nSPS) is 76.6. The van der Waals surface area contributed by atoms with E-state index in [1.807, 2.05) is 0 Å². The third kappa shape index (κ3) is 0.722. The summed E-state index contributed by atoms with van der Waals surface area (Å²) >= 11 is 0. The van der Waals surface area contributed by atoms with Crippen molar-refractivity contribution in [1.82, 2.24) is 0 Å². The third-order valence-electron chi connectivity index (χ3n) is 12.7. The highest BCUT2D eigenvalue weighted by Crippen LogP contribution is 3.07. The maximum atomic E-state index is 2.73. The molecule has 6 fully saturated rings. The topological polar surface area (TPSA) is 0 Å². The van der Waals surface area contributed by atoms with Crippen LogP contribution >= 0.6 is 0 Å². The van der Waals surface area contributed by atoms with E-state index in [0.29, 0.717) is 27.1 Å². The summed E-state index contributed by atoms with van der Waals surface area (Å²) < 4.78 is 0. The zero-order valence-electron chi connectivity index (χ0n) is 16.3. The van der Waals surface area contributed by atoms with Crippen molar-refractivity contribution >= 4 is 0 Å². The molecule has 0 N–H and O–H groups in total. The van der Waals surface area contributed by atoms with E-state index in [1.165, 1.54) is 6.42 Å². The minimum atomic E-state index is 0.544. The molecule has 22 heavy (non-hydrogen) atoms. The average molecular weight is 301 g/mol. The molecular formula is C22H36. The van der Waals surface area contributed by atoms with Gasteiger partial charge in [0.15, 0.2) is 0 Å². The molecule has 0 heteroatoms. The Morgan fingerprint density at radius 2 is 1.50 bits per heavy atom. The van der Waals surface area contributed by atoms with E-state index in [2.05, 4.69) is 62.3 Å². The van der Waals surface area contributed by atoms with Crippen LogP contribution in [0.15, 0.2) is 0 Å². The lowest BCUT2D eigenvalue weighted by Gasteiger charge is -3.02. The first-order chi connectivity index (χ1) is 9.93. The third-order valence-corrected chi connectivity index (χ3v) is 12.7. The van der Waals surface area contributed by atoms with Crippen molar-refractivity contribution < 1.29 is 0 Å². The predicted molar refractivity (Wildman–Crippen MR) is 92.3 cm³/mol. The first-order valence-electron chi connectivity index (χ1n) is 9.93. The lowest BCUT2D eigenvalue weighted by atomic mass is 9.02. The van der Waals surface area contributed by atoms with Crippen LogP contribution in [-0.2, 0) is 0 Å². The minimum Gasteiger partial charge on any atom is -0.0622 e. The second kappa shape index (κ2) is 2.99. The van der Waals surface area contributed by atoms with Gasteiger partial charge in [-0.2, -0.15) is 0 Å². The maximum Gasteiger partial charge on any atom is -0.0147 e. The zero-order valence-corrected chi connectivity index (χ0v) is 16.3. The highest BCUT2D eigenvalue weighted by molar-refractivity contribution is 5.50. The number of hydrogen-bond donors (Lipinski definition) is 0. The summed E-state index contributed by atoms with van der Waals surface area (Å²) in [6.07, 6.45) is 3.09. The second-order valence-electron chi connectivity index (χ2n) is 11.6. The molecule has 6 aliphatic carbocycles. The number of rotatable bonds is 1. The van der Waals surface area contributed by atoms with Crippen molar-refractivity contribution in [2.75, 3.05) is 0 Å². The Morgan fingerprint density at radius 3 is 2.00 bits per heavy atom. The van der Waals surface area contributed by atoms with Gasteiger partial charge in [0.25, 0.3) is 0 Å². The summed E-state index contributed by atoms with van der Waals surface area (Å²) in [5.41, 5.74) is 3.73. The van der Waals surface area contributed by atoms with Crippen LogP contribution in [0.3, 0.4) is 0 Å². The highest BCUT2D eigenvalue weighted by atomic mass is 15.1. The summed E-state index contributed by atoms with van der Waals surface area (Å²) in [7, 11) is 0. The molecule has 0 nitrogen and oxygen atoms in total. The van der Waals surface area contributed by atoms with Crippen LogP contribution in [0.1, 0.15) is 75.2 Å². The lowest BCUT2D eigenvalue weighted by Crippen LogP contribution is -2.98. The van der Waals surface area contributed by atoms with Crippen molar-refractivity contribution in [3.63, 3.8) is 0 Å². The molecule has 1 spiro atoms. The van der Waals surface area contributed by atoms with E-state index in [4.69, 9.17) is 0 Å². The Labute approximate surface area is 137 Å². The van der Waals surface area contributed by atoms with Crippen LogP contribution in [0, 0.1) is 62.1 Å². The zero-order chi connectivity index (χ0) is 16.3. The van der Waals surface area contributed by atoms with Gasteiger partial charge in [0.2, 0.25) is 0 Å². The quantitative estimate of drug-likeness (QED) is 0.556. The van der Waals surface area contributed by atoms with Gasteiger partial charge in [0, 0.05) is 0 Å². The fraction of sp³-hybridized carbons (Fsp3) is 1.00. The first kappa shape index (κ1) is 14.4. The summed E-state index contributed by atoms with van der Waals surface area (Å²) in [6.45, 7) is 23.6. The van der Waals surface area contributed by atoms with Crippen LogP contribution in [0.4, 0.5) is 0 Å². The van der Waals surface area contributed by atoms with E-state index in [0.717, 1.165) is 35.0 Å². The molecule has 0 radical (unpaired) electrons. The molecule has 0 aliphatic heterocycles. The minimum absolute atomic E-state index is 0.544. The van der Waals surface area contributed by atoms with Crippen molar-refractivity contribution in [3.05, 3.63) is 0 Å². The monoisotopic (exact) mass is 300 g/mol. The molecule has 0 aromatic carbocycles. The molecule has 10 unspecified atom stereocenters. The fourth-order valence-electron chi connectivity index (χ4n) is 11.3. The summed E-state index contributed by atoms with van der Waals surface area (Å²) in [5.74, 6) is 4.76. The molecule has 6 rings (SSSR count). The van der Waals surface area contributed by atoms with Gasteiger partial charge in [-0.1, -0.05) is 62.3 Å². The smallest absolute Gasteiger partial charge is 0.0147 e. The molecule has 0 aromatic heterocycles. The van der Waals surface area contributed by atoms with Crippen molar-refractivity contribution in [3.8, 4) is 0 Å². The molecule has 2 bridgehead atoms. The predicted octanol–water partition coefficient (Wildman–Crippen LogP) is 6.01. The summed E-state index contributed by atoms with van der Waals surface area (Å²) in [5, 5.41) is 0. The van der Waals surface area contributed by atoms with Gasteiger partial charge in [0.1, 0.15) is 0 Å². The van der Waals surface area contributed by atoms with E-state index in [9.17, 15) is 0 Å². The highest BCUT2D eigenvalue weighted by Gasteiger charge is 3.03. The average Bonchev–Trinajstić information content (AvgIpc) is 2.81. The standard InChI is InChI=1S/C22H36/c1-12(2)18(6)14(4)15-16-20(8,19(15,18)7)21(9)17(5)11-22(16,21)10-13(17)3/h12-16H,10-11H2,1-9H3. The van der Waals surface area contributed by atoms with Crippen LogP contribution < -0.4 is 0 Å². The second-order valence-corrected chi connectivity index (χ2v) is 11.6. The lowest BCUT2D eigenvalue weighted by molar-refractivity contribution is -0.552. The summed E-state index contributed by atoms with van der Waals surface area (Å²) in [6, 6.07) is 0. The Kier molecular flexibility index (Phi) is 1.95. The van der Waals surface area contributed by atoms with Crippen LogP contribution in [0.2, 0.25) is 0 Å². The molecule has 10 atom stereocenters. The Balaban J connectivity index is 1.68. The molecule has 6 aliphatic rings. The molecule has 124 valence electrons. The van der Waals surface area contributed by atoms with Gasteiger partial charge in [-0.15, -0.1) is 0 Å². The van der Waals surface area contributed by atoms with E-state index >= 15 is 0 Å². The van der Waals surface area contributed by atoms with E-state index < -0.39 is 0 Å². The van der Waals surface area contributed by atoms with Crippen molar-refractivity contribution in [2.45, 2.75) is 75.2 Å². The van der Waals surface area contributed by atoms with Crippen LogP contribution in [0.25, 0.3) is 0 Å². The first-order valence-corrected chi connectivity index (χ1v) is 9.93. The van der Waals surface area contributed by atoms with Gasteiger partial charge < -0.3 is 0 Å². The van der Waals surface area contributed by atoms with Gasteiger partial charge in [0.05, 0.1) is 0 Å². The fourth-order valence-corrected chi connectivity index (χ4v) is 11.3. The Morgan fingerprint density at radius 1 is 0.909 bits per heavy atom. The largest absolute Gasteiger partial charge is 0.0622 e. The molecule has 0 saturated heterocycles. The molecule has 6 saturated carbocycles. The van der Waals surface area contributed by atoms with Crippen molar-refractivity contribution in [1.29, 1.82) is 0 Å². The molecule has 0 aromatic rings. The number of fused-ring (bicyclic) bond motifs is 5. The van der Waals surface area contributed by atoms with Gasteiger partial charge in [-0.3, -0.25) is 0 Å². The molecule has 0 amide bonds. The van der Waals surface area contributed by atoms with E-state index in [-0.39, 0.29) is 0 Å². The van der Waals surface area contributed by atoms with Gasteiger partial charge in [-0.05, 0) is 74.9 Å². The Hall–Kier alpha value is 0. The van der Waals surface area contributed by atoms with Gasteiger partial charge >= 0.3 is 0 Å². The molecule has 0 heterocycles. The number of hydrogen-bond acceptors (Lipinski definition) is 0. The Bertz CT molecular complexity index is 601.